The van der Waals surface area contributed by atoms with Crippen LogP contribution in [0.3, 0.4) is 0 Å². The summed E-state index contributed by atoms with van der Waals surface area (Å²) in [7, 11) is 0. The molecule has 1 aliphatic rings. The lowest BCUT2D eigenvalue weighted by Gasteiger charge is -2.33. The van der Waals surface area contributed by atoms with Crippen LogP contribution in [0.15, 0.2) is 24.3 Å². The van der Waals surface area contributed by atoms with Gasteiger partial charge in [0.1, 0.15) is 0 Å². The minimum absolute atomic E-state index is 0.0920. The summed E-state index contributed by atoms with van der Waals surface area (Å²) < 4.78 is 0. The van der Waals surface area contributed by atoms with Crippen molar-refractivity contribution in [2.45, 2.75) is 52.7 Å². The van der Waals surface area contributed by atoms with Crippen LogP contribution in [0, 0.1) is 11.3 Å². The van der Waals surface area contributed by atoms with Crippen molar-refractivity contribution in [1.29, 1.82) is 0 Å². The van der Waals surface area contributed by atoms with Crippen molar-refractivity contribution in [2.24, 2.45) is 11.3 Å². The van der Waals surface area contributed by atoms with Crippen LogP contribution in [-0.2, 0) is 0 Å². The van der Waals surface area contributed by atoms with Crippen molar-refractivity contribution >= 4 is 11.8 Å². The Kier molecular flexibility index (Phi) is 5.65. The van der Waals surface area contributed by atoms with Gasteiger partial charge in [0, 0.05) is 29.1 Å². The van der Waals surface area contributed by atoms with Gasteiger partial charge in [-0.15, -0.1) is 0 Å². The molecule has 1 aliphatic carbocycles. The highest BCUT2D eigenvalue weighted by Crippen LogP contribution is 2.25. The molecule has 1 unspecified atom stereocenters. The lowest BCUT2D eigenvalue weighted by atomic mass is 9.80. The third-order valence-electron chi connectivity index (χ3n) is 4.46. The van der Waals surface area contributed by atoms with E-state index in [0.29, 0.717) is 23.7 Å². The Morgan fingerprint density at radius 3 is 2.08 bits per heavy atom. The first-order valence-corrected chi connectivity index (χ1v) is 8.58. The molecular weight excluding hydrogens is 304 g/mol. The van der Waals surface area contributed by atoms with Crippen LogP contribution in [0.2, 0.25) is 0 Å². The van der Waals surface area contributed by atoms with E-state index in [9.17, 15) is 14.7 Å². The lowest BCUT2D eigenvalue weighted by molar-refractivity contribution is 0.0138. The van der Waals surface area contributed by atoms with Gasteiger partial charge in [-0.25, -0.2) is 0 Å². The zero-order valence-electron chi connectivity index (χ0n) is 14.9. The minimum Gasteiger partial charge on any atom is -0.392 e. The van der Waals surface area contributed by atoms with Crippen molar-refractivity contribution in [3.05, 3.63) is 35.4 Å². The van der Waals surface area contributed by atoms with Crippen LogP contribution in [0.5, 0.6) is 0 Å². The molecule has 1 atom stereocenters. The Hall–Kier alpha value is -1.88. The molecule has 2 amide bonds. The van der Waals surface area contributed by atoms with E-state index in [2.05, 4.69) is 10.6 Å². The fraction of sp³-hybridized carbons (Fsp3) is 0.579. The van der Waals surface area contributed by atoms with E-state index in [0.717, 1.165) is 12.8 Å². The summed E-state index contributed by atoms with van der Waals surface area (Å²) >= 11 is 0. The predicted molar refractivity (Wildman–Crippen MR) is 93.9 cm³/mol. The van der Waals surface area contributed by atoms with Gasteiger partial charge in [-0.2, -0.15) is 0 Å². The standard InChI is InChI=1S/C19H28N2O3/c1-12(2)16(22)19(3,4)11-20-17(23)13-5-7-14(8-6-13)18(24)21-15-9-10-15/h5-8,12,15-16,22H,9-11H2,1-4H3,(H,20,23)(H,21,24). The maximum Gasteiger partial charge on any atom is 0.251 e. The number of amides is 2. The second kappa shape index (κ2) is 7.34. The second-order valence-corrected chi connectivity index (χ2v) is 7.69. The molecule has 0 radical (unpaired) electrons. The summed E-state index contributed by atoms with van der Waals surface area (Å²) in [5.41, 5.74) is 0.662. The SMILES string of the molecule is CC(C)C(O)C(C)(C)CNC(=O)c1ccc(C(=O)NC2CC2)cc1. The summed E-state index contributed by atoms with van der Waals surface area (Å²) in [6, 6.07) is 6.96. The van der Waals surface area contributed by atoms with E-state index < -0.39 is 11.5 Å². The topological polar surface area (TPSA) is 78.4 Å². The van der Waals surface area contributed by atoms with Gasteiger partial charge in [-0.1, -0.05) is 27.7 Å². The van der Waals surface area contributed by atoms with Gasteiger partial charge < -0.3 is 15.7 Å². The normalized spacial score (nSPS) is 15.9. The fourth-order valence-electron chi connectivity index (χ4n) is 2.69. The van der Waals surface area contributed by atoms with Crippen molar-refractivity contribution in [1.82, 2.24) is 10.6 Å². The maximum atomic E-state index is 12.3. The number of nitrogens with one attached hydrogen (secondary N) is 2. The highest BCUT2D eigenvalue weighted by atomic mass is 16.3. The van der Waals surface area contributed by atoms with E-state index in [4.69, 9.17) is 0 Å². The number of rotatable bonds is 7. The van der Waals surface area contributed by atoms with Gasteiger partial charge in [0.25, 0.3) is 11.8 Å². The first-order chi connectivity index (χ1) is 11.2. The van der Waals surface area contributed by atoms with Crippen molar-refractivity contribution in [3.63, 3.8) is 0 Å². The molecule has 0 saturated heterocycles. The zero-order chi connectivity index (χ0) is 17.9. The summed E-state index contributed by atoms with van der Waals surface area (Å²) in [4.78, 5) is 24.2. The van der Waals surface area contributed by atoms with E-state index >= 15 is 0 Å². The van der Waals surface area contributed by atoms with Crippen LogP contribution in [0.4, 0.5) is 0 Å². The number of hydrogen-bond donors (Lipinski definition) is 3. The molecule has 0 bridgehead atoms. The van der Waals surface area contributed by atoms with Crippen LogP contribution in [0.25, 0.3) is 0 Å². The molecule has 2 rings (SSSR count). The number of hydrogen-bond acceptors (Lipinski definition) is 3. The van der Waals surface area contributed by atoms with Gasteiger partial charge >= 0.3 is 0 Å². The minimum atomic E-state index is -0.494. The average Bonchev–Trinajstić information content (AvgIpc) is 3.35. The van der Waals surface area contributed by atoms with E-state index in [1.807, 2.05) is 27.7 Å². The predicted octanol–water partition coefficient (Wildman–Crippen LogP) is 2.35. The van der Waals surface area contributed by atoms with Gasteiger partial charge in [0.05, 0.1) is 6.10 Å². The smallest absolute Gasteiger partial charge is 0.251 e. The third kappa shape index (κ3) is 4.81. The highest BCUT2D eigenvalue weighted by molar-refractivity contribution is 5.98. The van der Waals surface area contributed by atoms with E-state index in [1.54, 1.807) is 24.3 Å². The van der Waals surface area contributed by atoms with E-state index in [-0.39, 0.29) is 17.7 Å². The molecule has 1 aromatic carbocycles. The molecule has 5 heteroatoms. The van der Waals surface area contributed by atoms with Crippen LogP contribution >= 0.6 is 0 Å². The lowest BCUT2D eigenvalue weighted by Crippen LogP contribution is -2.43. The maximum absolute atomic E-state index is 12.3. The van der Waals surface area contributed by atoms with E-state index in [1.165, 1.54) is 0 Å². The molecule has 1 fully saturated rings. The molecule has 132 valence electrons. The van der Waals surface area contributed by atoms with Crippen LogP contribution < -0.4 is 10.6 Å². The van der Waals surface area contributed by atoms with Crippen molar-refractivity contribution < 1.29 is 14.7 Å². The Morgan fingerprint density at radius 1 is 1.12 bits per heavy atom. The van der Waals surface area contributed by atoms with Crippen molar-refractivity contribution in [3.8, 4) is 0 Å². The van der Waals surface area contributed by atoms with Gasteiger partial charge in [0.2, 0.25) is 0 Å². The molecule has 0 aromatic heterocycles. The summed E-state index contributed by atoms with van der Waals surface area (Å²) in [6.45, 7) is 8.17. The average molecular weight is 332 g/mol. The van der Waals surface area contributed by atoms with Gasteiger partial charge in [-0.05, 0) is 43.0 Å². The second-order valence-electron chi connectivity index (χ2n) is 7.69. The molecule has 3 N–H and O–H groups in total. The van der Waals surface area contributed by atoms with Crippen LogP contribution in [-0.4, -0.2) is 35.6 Å². The molecule has 0 aliphatic heterocycles. The van der Waals surface area contributed by atoms with Crippen molar-refractivity contribution in [2.75, 3.05) is 6.54 Å². The largest absolute Gasteiger partial charge is 0.392 e. The Balaban J connectivity index is 1.91. The summed E-state index contributed by atoms with van der Waals surface area (Å²) in [6.07, 6.45) is 1.60. The van der Waals surface area contributed by atoms with Gasteiger partial charge in [0.15, 0.2) is 0 Å². The molecule has 5 nitrogen and oxygen atoms in total. The number of benzene rings is 1. The quantitative estimate of drug-likeness (QED) is 0.717. The Morgan fingerprint density at radius 2 is 1.62 bits per heavy atom. The number of aliphatic hydroxyl groups excluding tert-OH is 1. The number of carbonyl (C=O) groups is 2. The molecule has 24 heavy (non-hydrogen) atoms. The Labute approximate surface area is 143 Å². The number of carbonyl (C=O) groups excluding carboxylic acids is 2. The highest BCUT2D eigenvalue weighted by Gasteiger charge is 2.30. The first kappa shape index (κ1) is 18.5. The molecule has 1 saturated carbocycles. The third-order valence-corrected chi connectivity index (χ3v) is 4.46. The monoisotopic (exact) mass is 332 g/mol. The molecule has 1 aromatic rings. The molecule has 0 spiro atoms. The fourth-order valence-corrected chi connectivity index (χ4v) is 2.69. The zero-order valence-corrected chi connectivity index (χ0v) is 14.9. The summed E-state index contributed by atoms with van der Waals surface area (Å²) in [5.74, 6) is -0.167. The number of aliphatic hydroxyl groups is 1. The molecular formula is C19H28N2O3. The molecule has 0 heterocycles. The van der Waals surface area contributed by atoms with Gasteiger partial charge in [-0.3, -0.25) is 9.59 Å². The first-order valence-electron chi connectivity index (χ1n) is 8.58. The summed E-state index contributed by atoms with van der Waals surface area (Å²) in [5, 5.41) is 16.0. The van der Waals surface area contributed by atoms with Crippen LogP contribution in [0.1, 0.15) is 61.3 Å². The Bertz CT molecular complexity index is 589.